The molecule has 1 aromatic carbocycles. The lowest BCUT2D eigenvalue weighted by Crippen LogP contribution is -2.58. The maximum Gasteiger partial charge on any atom is 0.319 e. The van der Waals surface area contributed by atoms with Crippen molar-refractivity contribution in [2.45, 2.75) is 18.9 Å². The van der Waals surface area contributed by atoms with Crippen molar-refractivity contribution < 1.29 is 4.79 Å². The fraction of sp³-hybridized carbons (Fsp3) is 0.550. The van der Waals surface area contributed by atoms with E-state index in [-0.39, 0.29) is 6.03 Å². The molecule has 1 unspecified atom stereocenters. The van der Waals surface area contributed by atoms with Crippen LogP contribution in [0.4, 0.5) is 10.5 Å². The fourth-order valence-corrected chi connectivity index (χ4v) is 4.27. The van der Waals surface area contributed by atoms with Crippen molar-refractivity contribution in [1.29, 1.82) is 0 Å². The quantitative estimate of drug-likeness (QED) is 0.749. The number of carbonyl (C=O) groups excluding carboxylic acids is 1. The van der Waals surface area contributed by atoms with Gasteiger partial charge in [0.15, 0.2) is 0 Å². The van der Waals surface area contributed by atoms with Gasteiger partial charge in [0.2, 0.25) is 0 Å². The molecule has 2 amide bonds. The van der Waals surface area contributed by atoms with Crippen LogP contribution in [0.25, 0.3) is 0 Å². The maximum absolute atomic E-state index is 12.1. The molecule has 3 aliphatic heterocycles. The van der Waals surface area contributed by atoms with Crippen LogP contribution in [0.15, 0.2) is 43.0 Å². The molecule has 0 radical (unpaired) electrons. The molecular weight excluding hydrogens is 312 g/mol. The highest BCUT2D eigenvalue weighted by atomic mass is 16.2. The van der Waals surface area contributed by atoms with Gasteiger partial charge in [-0.2, -0.15) is 0 Å². The third kappa shape index (κ3) is 4.83. The Hall–Kier alpha value is -1.85. The summed E-state index contributed by atoms with van der Waals surface area (Å²) in [6.07, 6.45) is 4.46. The number of urea groups is 1. The summed E-state index contributed by atoms with van der Waals surface area (Å²) in [6.45, 7) is 8.96. The Labute approximate surface area is 151 Å². The van der Waals surface area contributed by atoms with E-state index in [1.807, 2.05) is 36.4 Å². The number of nitrogens with one attached hydrogen (secondary N) is 2. The first-order chi connectivity index (χ1) is 12.2. The van der Waals surface area contributed by atoms with Gasteiger partial charge in [-0.25, -0.2) is 4.79 Å². The Morgan fingerprint density at radius 3 is 2.88 bits per heavy atom. The van der Waals surface area contributed by atoms with Crippen LogP contribution in [0.5, 0.6) is 0 Å². The van der Waals surface area contributed by atoms with Gasteiger partial charge in [0, 0.05) is 37.9 Å². The van der Waals surface area contributed by atoms with E-state index in [2.05, 4.69) is 34.1 Å². The van der Waals surface area contributed by atoms with Crippen LogP contribution in [0.2, 0.25) is 0 Å². The molecule has 2 bridgehead atoms. The zero-order valence-electron chi connectivity index (χ0n) is 15.2. The van der Waals surface area contributed by atoms with Crippen LogP contribution >= 0.6 is 0 Å². The molecule has 4 rings (SSSR count). The number of carbonyl (C=O) groups is 1. The van der Waals surface area contributed by atoms with Gasteiger partial charge in [-0.3, -0.25) is 4.90 Å². The molecule has 4 atom stereocenters. The zero-order valence-corrected chi connectivity index (χ0v) is 15.2. The van der Waals surface area contributed by atoms with Crippen molar-refractivity contribution in [3.63, 3.8) is 0 Å². The van der Waals surface area contributed by atoms with E-state index in [0.717, 1.165) is 43.7 Å². The number of nitrogens with zero attached hydrogens (tertiary/aromatic N) is 2. The number of rotatable bonds is 7. The molecule has 3 heterocycles. The number of para-hydroxylation sites is 1. The molecule has 0 saturated carbocycles. The summed E-state index contributed by atoms with van der Waals surface area (Å²) < 4.78 is 0. The first kappa shape index (κ1) is 18.0. The third-order valence-corrected chi connectivity index (χ3v) is 5.53. The summed E-state index contributed by atoms with van der Waals surface area (Å²) in [5.41, 5.74) is 0.829. The lowest BCUT2D eigenvalue weighted by Gasteiger charge is -2.50. The molecule has 3 fully saturated rings. The summed E-state index contributed by atoms with van der Waals surface area (Å²) >= 11 is 0. The van der Waals surface area contributed by atoms with Gasteiger partial charge in [-0.15, -0.1) is 6.58 Å². The van der Waals surface area contributed by atoms with E-state index < -0.39 is 0 Å². The molecule has 5 nitrogen and oxygen atoms in total. The maximum atomic E-state index is 12.1. The van der Waals surface area contributed by atoms with Crippen molar-refractivity contribution in [2.24, 2.45) is 11.8 Å². The monoisotopic (exact) mass is 342 g/mol. The topological polar surface area (TPSA) is 47.6 Å². The average Bonchev–Trinajstić information content (AvgIpc) is 2.62. The van der Waals surface area contributed by atoms with Crippen molar-refractivity contribution in [2.75, 3.05) is 45.1 Å². The highest BCUT2D eigenvalue weighted by Gasteiger charge is 2.40. The van der Waals surface area contributed by atoms with E-state index in [1.54, 1.807) is 0 Å². The minimum atomic E-state index is -0.115. The van der Waals surface area contributed by atoms with Gasteiger partial charge in [0.05, 0.1) is 0 Å². The summed E-state index contributed by atoms with van der Waals surface area (Å²) in [7, 11) is 2.17. The summed E-state index contributed by atoms with van der Waals surface area (Å²) in [6, 6.07) is 9.94. The zero-order chi connectivity index (χ0) is 17.6. The van der Waals surface area contributed by atoms with E-state index >= 15 is 0 Å². The molecule has 3 saturated heterocycles. The summed E-state index contributed by atoms with van der Waals surface area (Å²) in [4.78, 5) is 17.0. The van der Waals surface area contributed by atoms with Crippen molar-refractivity contribution >= 4 is 11.7 Å². The van der Waals surface area contributed by atoms with Gasteiger partial charge in [0.25, 0.3) is 0 Å². The van der Waals surface area contributed by atoms with Gasteiger partial charge < -0.3 is 15.5 Å². The molecule has 5 heteroatoms. The number of anilines is 1. The normalized spacial score (nSPS) is 27.9. The number of hydrogen-bond acceptors (Lipinski definition) is 3. The molecule has 2 N–H and O–H groups in total. The largest absolute Gasteiger partial charge is 0.336 e. The molecule has 0 aliphatic carbocycles. The van der Waals surface area contributed by atoms with E-state index in [1.165, 1.54) is 19.4 Å². The number of likely N-dealkylation sites (N-methyl/N-ethyl adjacent to an activating group) is 1. The van der Waals surface area contributed by atoms with Crippen molar-refractivity contribution in [3.8, 4) is 0 Å². The Morgan fingerprint density at radius 2 is 2.20 bits per heavy atom. The Bertz CT molecular complexity index is 576. The van der Waals surface area contributed by atoms with Crippen LogP contribution in [-0.2, 0) is 0 Å². The standard InChI is InChI=1S/C20H30N4O/c1-3-10-23(2)14-17-15-24-11-9-16(17)12-19(24)13-21-20(25)22-18-7-5-4-6-8-18/h3-8,16-17,19H,1,9-15H2,2H3,(H2,21,22,25)/t16-,17-,19+/m0/s1. The second kappa shape index (κ2) is 8.50. The lowest BCUT2D eigenvalue weighted by molar-refractivity contribution is -0.00709. The summed E-state index contributed by atoms with van der Waals surface area (Å²) in [5.74, 6) is 1.52. The highest BCUT2D eigenvalue weighted by molar-refractivity contribution is 5.89. The van der Waals surface area contributed by atoms with Crippen molar-refractivity contribution in [1.82, 2.24) is 15.1 Å². The third-order valence-electron chi connectivity index (χ3n) is 5.53. The molecule has 3 aliphatic rings. The Kier molecular flexibility index (Phi) is 6.10. The first-order valence-electron chi connectivity index (χ1n) is 9.29. The number of hydrogen-bond donors (Lipinski definition) is 2. The van der Waals surface area contributed by atoms with Crippen LogP contribution in [0.1, 0.15) is 12.8 Å². The van der Waals surface area contributed by atoms with Crippen LogP contribution in [-0.4, -0.2) is 61.6 Å². The van der Waals surface area contributed by atoms with Gasteiger partial charge in [0.1, 0.15) is 0 Å². The molecule has 25 heavy (non-hydrogen) atoms. The number of benzene rings is 1. The molecule has 1 aromatic rings. The minimum Gasteiger partial charge on any atom is -0.336 e. The molecule has 136 valence electrons. The van der Waals surface area contributed by atoms with E-state index in [0.29, 0.717) is 6.04 Å². The second-order valence-corrected chi connectivity index (χ2v) is 7.40. The Morgan fingerprint density at radius 1 is 1.40 bits per heavy atom. The number of fused-ring (bicyclic) bond motifs is 3. The van der Waals surface area contributed by atoms with Crippen LogP contribution in [0.3, 0.4) is 0 Å². The Balaban J connectivity index is 1.44. The highest BCUT2D eigenvalue weighted by Crippen LogP contribution is 2.36. The summed E-state index contributed by atoms with van der Waals surface area (Å²) in [5, 5.41) is 5.94. The van der Waals surface area contributed by atoms with E-state index in [9.17, 15) is 4.79 Å². The minimum absolute atomic E-state index is 0.115. The first-order valence-corrected chi connectivity index (χ1v) is 9.29. The van der Waals surface area contributed by atoms with E-state index in [4.69, 9.17) is 0 Å². The molecular formula is C20H30N4O. The fourth-order valence-electron chi connectivity index (χ4n) is 4.27. The molecule has 0 aromatic heterocycles. The van der Waals surface area contributed by atoms with Crippen LogP contribution < -0.4 is 10.6 Å². The SMILES string of the molecule is C=CCN(C)C[C@H]1CN2CC[C@H]1C[C@@H]2CNC(=O)Nc1ccccc1. The predicted octanol–water partition coefficient (Wildman–Crippen LogP) is 2.64. The van der Waals surface area contributed by atoms with Gasteiger partial charge in [-0.1, -0.05) is 24.3 Å². The number of amides is 2. The number of piperidine rings is 3. The average molecular weight is 342 g/mol. The smallest absolute Gasteiger partial charge is 0.319 e. The predicted molar refractivity (Wildman–Crippen MR) is 103 cm³/mol. The van der Waals surface area contributed by atoms with Crippen LogP contribution in [0, 0.1) is 11.8 Å². The van der Waals surface area contributed by atoms with Crippen molar-refractivity contribution in [3.05, 3.63) is 43.0 Å². The van der Waals surface area contributed by atoms with Gasteiger partial charge in [-0.05, 0) is 50.4 Å². The van der Waals surface area contributed by atoms with Gasteiger partial charge >= 0.3 is 6.03 Å². The lowest BCUT2D eigenvalue weighted by atomic mass is 9.75. The second-order valence-electron chi connectivity index (χ2n) is 7.40. The molecule has 0 spiro atoms.